The first-order valence-corrected chi connectivity index (χ1v) is 6.75. The molecule has 0 aliphatic heterocycles. The van der Waals surface area contributed by atoms with Gasteiger partial charge in [0.05, 0.1) is 5.56 Å². The van der Waals surface area contributed by atoms with Gasteiger partial charge in [0, 0.05) is 12.6 Å². The second-order valence-electron chi connectivity index (χ2n) is 4.35. The average molecular weight is 275 g/mol. The van der Waals surface area contributed by atoms with E-state index in [1.54, 1.807) is 12.1 Å². The van der Waals surface area contributed by atoms with Crippen molar-refractivity contribution in [3.8, 4) is 11.6 Å². The summed E-state index contributed by atoms with van der Waals surface area (Å²) in [5.41, 5.74) is 0.918. The molecular weight excluding hydrogens is 257 g/mol. The van der Waals surface area contributed by atoms with Gasteiger partial charge in [0.1, 0.15) is 23.7 Å². The van der Waals surface area contributed by atoms with Crippen LogP contribution in [0.15, 0.2) is 30.6 Å². The van der Waals surface area contributed by atoms with Gasteiger partial charge in [-0.2, -0.15) is 0 Å². The summed E-state index contributed by atoms with van der Waals surface area (Å²) in [6, 6.07) is 6.03. The van der Waals surface area contributed by atoms with E-state index < -0.39 is 0 Å². The van der Waals surface area contributed by atoms with Crippen molar-refractivity contribution < 1.29 is 9.13 Å². The van der Waals surface area contributed by atoms with Gasteiger partial charge in [-0.05, 0) is 25.5 Å². The van der Waals surface area contributed by atoms with E-state index in [1.807, 2.05) is 6.92 Å². The highest BCUT2D eigenvalue weighted by atomic mass is 19.1. The first-order chi connectivity index (χ1) is 9.74. The summed E-state index contributed by atoms with van der Waals surface area (Å²) < 4.78 is 18.9. The first-order valence-electron chi connectivity index (χ1n) is 6.75. The second kappa shape index (κ2) is 6.84. The van der Waals surface area contributed by atoms with Gasteiger partial charge in [0.2, 0.25) is 5.88 Å². The highest BCUT2D eigenvalue weighted by Crippen LogP contribution is 2.28. The van der Waals surface area contributed by atoms with Gasteiger partial charge in [-0.15, -0.1) is 0 Å². The largest absolute Gasteiger partial charge is 0.438 e. The molecule has 0 saturated carbocycles. The van der Waals surface area contributed by atoms with Gasteiger partial charge in [0.25, 0.3) is 0 Å². The van der Waals surface area contributed by atoms with E-state index in [2.05, 4.69) is 22.2 Å². The molecular formula is C15H18FN3O. The Morgan fingerprint density at radius 1 is 1.25 bits per heavy atom. The zero-order chi connectivity index (χ0) is 14.4. The molecule has 0 saturated heterocycles. The van der Waals surface area contributed by atoms with Crippen molar-refractivity contribution in [3.63, 3.8) is 0 Å². The van der Waals surface area contributed by atoms with Gasteiger partial charge >= 0.3 is 0 Å². The molecule has 2 rings (SSSR count). The van der Waals surface area contributed by atoms with E-state index in [0.29, 0.717) is 11.6 Å². The lowest BCUT2D eigenvalue weighted by molar-refractivity contribution is 0.450. The lowest BCUT2D eigenvalue weighted by atomic mass is 10.1. The Balaban J connectivity index is 2.32. The van der Waals surface area contributed by atoms with Crippen molar-refractivity contribution >= 4 is 5.82 Å². The van der Waals surface area contributed by atoms with Crippen LogP contribution < -0.4 is 10.1 Å². The number of aromatic nitrogens is 2. The first kappa shape index (κ1) is 14.2. The quantitative estimate of drug-likeness (QED) is 0.871. The highest BCUT2D eigenvalue weighted by Gasteiger charge is 2.12. The summed E-state index contributed by atoms with van der Waals surface area (Å²) in [6.45, 7) is 4.85. The number of ether oxygens (including phenoxy) is 1. The zero-order valence-electron chi connectivity index (χ0n) is 11.7. The lowest BCUT2D eigenvalue weighted by Crippen LogP contribution is -2.06. The molecule has 0 radical (unpaired) electrons. The predicted octanol–water partition coefficient (Wildman–Crippen LogP) is 3.79. The summed E-state index contributed by atoms with van der Waals surface area (Å²) in [6.07, 6.45) is 3.20. The van der Waals surface area contributed by atoms with E-state index in [0.717, 1.165) is 30.8 Å². The maximum atomic E-state index is 13.2. The van der Waals surface area contributed by atoms with E-state index in [9.17, 15) is 4.39 Å². The standard InChI is InChI=1S/C15H18FN3O/c1-3-6-13-14(17-4-2)18-10-19-15(13)20-12-8-5-7-11(16)9-12/h5,7-10H,3-4,6H2,1-2H3,(H,17,18,19). The Morgan fingerprint density at radius 2 is 2.10 bits per heavy atom. The Kier molecular flexibility index (Phi) is 4.87. The van der Waals surface area contributed by atoms with Gasteiger partial charge in [-0.3, -0.25) is 0 Å². The molecule has 4 nitrogen and oxygen atoms in total. The molecule has 1 aromatic carbocycles. The Hall–Kier alpha value is -2.17. The van der Waals surface area contributed by atoms with Crippen LogP contribution in [0.5, 0.6) is 11.6 Å². The molecule has 1 aromatic heterocycles. The molecule has 0 atom stereocenters. The van der Waals surface area contributed by atoms with E-state index in [-0.39, 0.29) is 5.82 Å². The summed E-state index contributed by atoms with van der Waals surface area (Å²) in [5.74, 6) is 1.35. The van der Waals surface area contributed by atoms with Crippen molar-refractivity contribution in [1.82, 2.24) is 9.97 Å². The van der Waals surface area contributed by atoms with E-state index in [1.165, 1.54) is 18.5 Å². The van der Waals surface area contributed by atoms with Crippen molar-refractivity contribution in [2.75, 3.05) is 11.9 Å². The lowest BCUT2D eigenvalue weighted by Gasteiger charge is -2.13. The van der Waals surface area contributed by atoms with Crippen molar-refractivity contribution in [2.45, 2.75) is 26.7 Å². The van der Waals surface area contributed by atoms with Crippen molar-refractivity contribution in [3.05, 3.63) is 42.0 Å². The monoisotopic (exact) mass is 275 g/mol. The molecule has 0 amide bonds. The van der Waals surface area contributed by atoms with Crippen LogP contribution >= 0.6 is 0 Å². The minimum absolute atomic E-state index is 0.333. The van der Waals surface area contributed by atoms with Gasteiger partial charge in [-0.1, -0.05) is 19.4 Å². The molecule has 5 heteroatoms. The van der Waals surface area contributed by atoms with Crippen molar-refractivity contribution in [2.24, 2.45) is 0 Å². The van der Waals surface area contributed by atoms with Gasteiger partial charge in [-0.25, -0.2) is 14.4 Å². The third-order valence-corrected chi connectivity index (χ3v) is 2.76. The topological polar surface area (TPSA) is 47.0 Å². The summed E-state index contributed by atoms with van der Waals surface area (Å²) in [5, 5.41) is 3.19. The predicted molar refractivity (Wildman–Crippen MR) is 76.7 cm³/mol. The third-order valence-electron chi connectivity index (χ3n) is 2.76. The average Bonchev–Trinajstić information content (AvgIpc) is 2.43. The summed E-state index contributed by atoms with van der Waals surface area (Å²) in [7, 11) is 0. The molecule has 0 spiro atoms. The fraction of sp³-hybridized carbons (Fsp3) is 0.333. The number of hydrogen-bond donors (Lipinski definition) is 1. The fourth-order valence-electron chi connectivity index (χ4n) is 1.92. The zero-order valence-corrected chi connectivity index (χ0v) is 11.7. The smallest absolute Gasteiger partial charge is 0.227 e. The molecule has 0 unspecified atom stereocenters. The van der Waals surface area contributed by atoms with Crippen LogP contribution in [0.3, 0.4) is 0 Å². The Bertz CT molecular complexity index is 575. The number of benzene rings is 1. The van der Waals surface area contributed by atoms with Gasteiger partial charge < -0.3 is 10.1 Å². The van der Waals surface area contributed by atoms with Gasteiger partial charge in [0.15, 0.2) is 0 Å². The summed E-state index contributed by atoms with van der Waals surface area (Å²) >= 11 is 0. The number of rotatable bonds is 6. The van der Waals surface area contributed by atoms with Crippen LogP contribution in [-0.2, 0) is 6.42 Å². The van der Waals surface area contributed by atoms with Crippen LogP contribution in [0.1, 0.15) is 25.8 Å². The van der Waals surface area contributed by atoms with Crippen LogP contribution in [0.25, 0.3) is 0 Å². The SMILES string of the molecule is CCCc1c(NCC)ncnc1Oc1cccc(F)c1. The molecule has 2 aromatic rings. The minimum atomic E-state index is -0.333. The Labute approximate surface area is 118 Å². The van der Waals surface area contributed by atoms with Crippen LogP contribution in [-0.4, -0.2) is 16.5 Å². The molecule has 0 aliphatic rings. The second-order valence-corrected chi connectivity index (χ2v) is 4.35. The van der Waals surface area contributed by atoms with E-state index >= 15 is 0 Å². The maximum absolute atomic E-state index is 13.2. The number of hydrogen-bond acceptors (Lipinski definition) is 4. The van der Waals surface area contributed by atoms with E-state index in [4.69, 9.17) is 4.74 Å². The molecule has 20 heavy (non-hydrogen) atoms. The molecule has 1 N–H and O–H groups in total. The maximum Gasteiger partial charge on any atom is 0.227 e. The Morgan fingerprint density at radius 3 is 2.80 bits per heavy atom. The fourth-order valence-corrected chi connectivity index (χ4v) is 1.92. The number of halogens is 1. The van der Waals surface area contributed by atoms with Crippen LogP contribution in [0.2, 0.25) is 0 Å². The number of anilines is 1. The minimum Gasteiger partial charge on any atom is -0.438 e. The van der Waals surface area contributed by atoms with Crippen LogP contribution in [0, 0.1) is 5.82 Å². The highest BCUT2D eigenvalue weighted by molar-refractivity contribution is 5.49. The molecule has 0 fully saturated rings. The third kappa shape index (κ3) is 3.44. The molecule has 1 heterocycles. The molecule has 106 valence electrons. The van der Waals surface area contributed by atoms with Crippen LogP contribution in [0.4, 0.5) is 10.2 Å². The van der Waals surface area contributed by atoms with Crippen molar-refractivity contribution in [1.29, 1.82) is 0 Å². The number of nitrogens with one attached hydrogen (secondary N) is 1. The normalized spacial score (nSPS) is 10.3. The number of nitrogens with zero attached hydrogens (tertiary/aromatic N) is 2. The molecule has 0 bridgehead atoms. The molecule has 0 aliphatic carbocycles. The summed E-state index contributed by atoms with van der Waals surface area (Å²) in [4.78, 5) is 8.40.